The molecule has 1 N–H and O–H groups in total. The third-order valence-corrected chi connectivity index (χ3v) is 4.67. The van der Waals surface area contributed by atoms with Gasteiger partial charge in [-0.25, -0.2) is 4.79 Å². The van der Waals surface area contributed by atoms with Crippen LogP contribution in [0.1, 0.15) is 18.1 Å². The predicted molar refractivity (Wildman–Crippen MR) is 88.6 cm³/mol. The van der Waals surface area contributed by atoms with E-state index >= 15 is 0 Å². The smallest absolute Gasteiger partial charge is 0.338 e. The molecule has 1 unspecified atom stereocenters. The molecular weight excluding hydrogens is 328 g/mol. The van der Waals surface area contributed by atoms with Crippen LogP contribution in [0.3, 0.4) is 0 Å². The molecule has 0 spiro atoms. The van der Waals surface area contributed by atoms with Gasteiger partial charge in [0.1, 0.15) is 36.3 Å². The fraction of sp³-hybridized carbons (Fsp3) is 0.500. The van der Waals surface area contributed by atoms with Crippen molar-refractivity contribution in [1.82, 2.24) is 0 Å². The van der Waals surface area contributed by atoms with Gasteiger partial charge in [0.05, 0.1) is 25.4 Å². The average molecular weight is 350 g/mol. The molecule has 7 heteroatoms. The molecular formula is C18H22O7. The maximum Gasteiger partial charge on any atom is 0.338 e. The van der Waals surface area contributed by atoms with Crippen molar-refractivity contribution in [2.45, 2.75) is 25.6 Å². The lowest BCUT2D eigenvalue weighted by molar-refractivity contribution is -0.176. The quantitative estimate of drug-likeness (QED) is 0.643. The fourth-order valence-corrected chi connectivity index (χ4v) is 3.56. The van der Waals surface area contributed by atoms with Crippen LogP contribution in [0.4, 0.5) is 0 Å². The van der Waals surface area contributed by atoms with Crippen molar-refractivity contribution in [3.63, 3.8) is 0 Å². The summed E-state index contributed by atoms with van der Waals surface area (Å²) < 4.78 is 26.8. The Bertz CT molecular complexity index is 710. The molecule has 1 fully saturated rings. The summed E-state index contributed by atoms with van der Waals surface area (Å²) >= 11 is 0. The van der Waals surface area contributed by atoms with E-state index in [1.54, 1.807) is 20.1 Å². The van der Waals surface area contributed by atoms with Crippen LogP contribution in [0.15, 0.2) is 17.7 Å². The number of ether oxygens (including phenoxy) is 5. The van der Waals surface area contributed by atoms with E-state index in [1.165, 1.54) is 14.2 Å². The lowest BCUT2D eigenvalue weighted by Gasteiger charge is -2.39. The van der Waals surface area contributed by atoms with Gasteiger partial charge in [-0.3, -0.25) is 0 Å². The van der Waals surface area contributed by atoms with Gasteiger partial charge in [-0.15, -0.1) is 0 Å². The Hall–Kier alpha value is -2.25. The lowest BCUT2D eigenvalue weighted by atomic mass is 9.76. The molecule has 1 aromatic rings. The number of methoxy groups -OCH3 is 3. The molecule has 1 heterocycles. The average Bonchev–Trinajstić information content (AvgIpc) is 2.60. The van der Waals surface area contributed by atoms with Gasteiger partial charge in [0, 0.05) is 19.1 Å². The third-order valence-electron chi connectivity index (χ3n) is 4.67. The highest BCUT2D eigenvalue weighted by molar-refractivity contribution is 5.99. The van der Waals surface area contributed by atoms with E-state index in [0.29, 0.717) is 23.5 Å². The molecule has 1 aromatic carbocycles. The van der Waals surface area contributed by atoms with E-state index in [-0.39, 0.29) is 24.0 Å². The zero-order chi connectivity index (χ0) is 18.1. The Labute approximate surface area is 146 Å². The molecule has 0 radical (unpaired) electrons. The summed E-state index contributed by atoms with van der Waals surface area (Å²) in [5, 5.41) is 10.8. The Morgan fingerprint density at radius 1 is 1.24 bits per heavy atom. The van der Waals surface area contributed by atoms with E-state index in [0.717, 1.165) is 5.56 Å². The number of carbonyl (C=O) groups is 1. The summed E-state index contributed by atoms with van der Waals surface area (Å²) in [5.74, 6) is 0.0615. The van der Waals surface area contributed by atoms with Gasteiger partial charge in [-0.05, 0) is 25.0 Å². The number of aliphatic hydroxyl groups excluding tert-OH is 1. The summed E-state index contributed by atoms with van der Waals surface area (Å²) in [6.07, 6.45) is -0.366. The standard InChI is InChI=1S/C18H22O7/c1-9-17(24-8-21-2)12-6-10-5-11(22-3)7-13(23-4)14(10)16(19)15(12)18(20)25-9/h5,7,9,12,17,19H,6,8H2,1-4H3/t9-,12?,17-/m0/s1. The Morgan fingerprint density at radius 3 is 2.64 bits per heavy atom. The monoisotopic (exact) mass is 350 g/mol. The molecule has 1 aliphatic heterocycles. The Morgan fingerprint density at radius 2 is 2.00 bits per heavy atom. The lowest BCUT2D eigenvalue weighted by Crippen LogP contribution is -2.47. The first-order chi connectivity index (χ1) is 12.0. The van der Waals surface area contributed by atoms with E-state index < -0.39 is 18.2 Å². The first-order valence-electron chi connectivity index (χ1n) is 8.01. The van der Waals surface area contributed by atoms with Gasteiger partial charge in [0.15, 0.2) is 0 Å². The summed E-state index contributed by atoms with van der Waals surface area (Å²) in [7, 11) is 4.60. The van der Waals surface area contributed by atoms with Gasteiger partial charge in [-0.1, -0.05) is 0 Å². The number of rotatable bonds is 5. The molecule has 2 aliphatic rings. The van der Waals surface area contributed by atoms with Gasteiger partial charge in [0.25, 0.3) is 0 Å². The Balaban J connectivity index is 2.11. The molecule has 7 nitrogen and oxygen atoms in total. The number of hydrogen-bond acceptors (Lipinski definition) is 7. The number of hydrogen-bond donors (Lipinski definition) is 1. The number of esters is 1. The van der Waals surface area contributed by atoms with Crippen LogP contribution in [0.2, 0.25) is 0 Å². The first-order valence-corrected chi connectivity index (χ1v) is 8.01. The summed E-state index contributed by atoms with van der Waals surface area (Å²) in [6, 6.07) is 3.51. The zero-order valence-corrected chi connectivity index (χ0v) is 14.7. The van der Waals surface area contributed by atoms with Gasteiger partial charge >= 0.3 is 5.97 Å². The second-order valence-corrected chi connectivity index (χ2v) is 6.08. The van der Waals surface area contributed by atoms with Crippen molar-refractivity contribution in [3.05, 3.63) is 28.8 Å². The van der Waals surface area contributed by atoms with E-state index in [4.69, 9.17) is 23.7 Å². The van der Waals surface area contributed by atoms with Crippen molar-refractivity contribution >= 4 is 11.7 Å². The largest absolute Gasteiger partial charge is 0.507 e. The number of aliphatic hydroxyl groups is 1. The van der Waals surface area contributed by atoms with E-state index in [9.17, 15) is 9.90 Å². The summed E-state index contributed by atoms with van der Waals surface area (Å²) in [5.41, 5.74) is 1.54. The molecule has 0 bridgehead atoms. The van der Waals surface area contributed by atoms with Crippen LogP contribution >= 0.6 is 0 Å². The van der Waals surface area contributed by atoms with E-state index in [1.807, 2.05) is 6.07 Å². The maximum absolute atomic E-state index is 12.4. The predicted octanol–water partition coefficient (Wildman–Crippen LogP) is 2.08. The molecule has 0 saturated carbocycles. The SMILES string of the molecule is COCO[C@@H]1C2Cc3cc(OC)cc(OC)c3C(O)=C2C(=O)O[C@H]1C. The van der Waals surface area contributed by atoms with Crippen LogP contribution in [-0.4, -0.2) is 51.4 Å². The highest BCUT2D eigenvalue weighted by atomic mass is 16.7. The van der Waals surface area contributed by atoms with Gasteiger partial charge in [-0.2, -0.15) is 0 Å². The topological polar surface area (TPSA) is 83.5 Å². The fourth-order valence-electron chi connectivity index (χ4n) is 3.56. The molecule has 136 valence electrons. The Kier molecular flexibility index (Phi) is 4.87. The summed E-state index contributed by atoms with van der Waals surface area (Å²) in [4.78, 5) is 12.4. The van der Waals surface area contributed by atoms with Gasteiger partial charge < -0.3 is 28.8 Å². The van der Waals surface area contributed by atoms with Crippen LogP contribution in [0, 0.1) is 5.92 Å². The molecule has 0 aromatic heterocycles. The number of cyclic esters (lactones) is 1. The molecule has 0 amide bonds. The molecule has 3 rings (SSSR count). The second kappa shape index (κ2) is 6.93. The maximum atomic E-state index is 12.4. The third kappa shape index (κ3) is 2.94. The van der Waals surface area contributed by atoms with Crippen molar-refractivity contribution in [2.75, 3.05) is 28.1 Å². The minimum atomic E-state index is -0.532. The van der Waals surface area contributed by atoms with Crippen molar-refractivity contribution in [1.29, 1.82) is 0 Å². The molecule has 1 aliphatic carbocycles. The van der Waals surface area contributed by atoms with Crippen molar-refractivity contribution in [3.8, 4) is 11.5 Å². The molecule has 3 atom stereocenters. The number of benzene rings is 1. The first kappa shape index (κ1) is 17.6. The highest BCUT2D eigenvalue weighted by Crippen LogP contribution is 2.45. The molecule has 25 heavy (non-hydrogen) atoms. The summed E-state index contributed by atoms with van der Waals surface area (Å²) in [6.45, 7) is 1.85. The van der Waals surface area contributed by atoms with Crippen molar-refractivity contribution < 1.29 is 33.6 Å². The molecule has 1 saturated heterocycles. The van der Waals surface area contributed by atoms with Crippen LogP contribution < -0.4 is 9.47 Å². The number of fused-ring (bicyclic) bond motifs is 2. The van der Waals surface area contributed by atoms with Crippen LogP contribution in [0.5, 0.6) is 11.5 Å². The minimum absolute atomic E-state index is 0.0748. The second-order valence-electron chi connectivity index (χ2n) is 6.08. The zero-order valence-electron chi connectivity index (χ0n) is 14.7. The van der Waals surface area contributed by atoms with Crippen molar-refractivity contribution in [2.24, 2.45) is 5.92 Å². The van der Waals surface area contributed by atoms with Crippen LogP contribution in [0.25, 0.3) is 5.76 Å². The minimum Gasteiger partial charge on any atom is -0.507 e. The highest BCUT2D eigenvalue weighted by Gasteiger charge is 2.46. The van der Waals surface area contributed by atoms with E-state index in [2.05, 4.69) is 0 Å². The van der Waals surface area contributed by atoms with Gasteiger partial charge in [0.2, 0.25) is 0 Å². The normalized spacial score (nSPS) is 25.1. The number of carbonyl (C=O) groups excluding carboxylic acids is 1. The van der Waals surface area contributed by atoms with Crippen LogP contribution in [-0.2, 0) is 25.4 Å².